The van der Waals surface area contributed by atoms with Gasteiger partial charge < -0.3 is 11.1 Å². The molecule has 18 heavy (non-hydrogen) atoms. The number of hydrogen-bond acceptors (Lipinski definition) is 4. The quantitative estimate of drug-likeness (QED) is 0.651. The minimum atomic E-state index is 0.486. The standard InChI is InChI=1S/C12H16N4S2/c1-9-7-15-11(18-9)8-16-12(13)14-5-4-10-3-2-6-17-10/h2-3,6-7H,4-5,8H2,1H3,(H3,13,14,16). The lowest BCUT2D eigenvalue weighted by atomic mass is 10.3. The minimum Gasteiger partial charge on any atom is -0.370 e. The van der Waals surface area contributed by atoms with Gasteiger partial charge in [-0.25, -0.2) is 9.98 Å². The van der Waals surface area contributed by atoms with Gasteiger partial charge in [0.15, 0.2) is 5.96 Å². The lowest BCUT2D eigenvalue weighted by molar-refractivity contribution is 0.856. The third-order valence-corrected chi connectivity index (χ3v) is 4.15. The highest BCUT2D eigenvalue weighted by Gasteiger charge is 1.98. The molecule has 0 saturated carbocycles. The molecule has 0 aliphatic heterocycles. The fourth-order valence-corrected chi connectivity index (χ4v) is 2.87. The van der Waals surface area contributed by atoms with Crippen molar-refractivity contribution in [1.29, 1.82) is 0 Å². The number of nitrogens with one attached hydrogen (secondary N) is 1. The molecular formula is C12H16N4S2. The Hall–Kier alpha value is -1.40. The minimum absolute atomic E-state index is 0.486. The predicted molar refractivity (Wildman–Crippen MR) is 78.2 cm³/mol. The number of nitrogens with two attached hydrogens (primary N) is 1. The number of aliphatic imine (C=N–C) groups is 1. The number of rotatable bonds is 5. The van der Waals surface area contributed by atoms with Gasteiger partial charge in [-0.15, -0.1) is 22.7 Å². The van der Waals surface area contributed by atoms with E-state index < -0.39 is 0 Å². The van der Waals surface area contributed by atoms with Crippen LogP contribution in [0, 0.1) is 6.92 Å². The molecule has 3 N–H and O–H groups in total. The first kappa shape index (κ1) is 13.0. The fourth-order valence-electron chi connectivity index (χ4n) is 1.45. The summed E-state index contributed by atoms with van der Waals surface area (Å²) in [4.78, 5) is 11.1. The molecule has 0 unspecified atom stereocenters. The first-order valence-electron chi connectivity index (χ1n) is 5.71. The molecule has 0 radical (unpaired) electrons. The summed E-state index contributed by atoms with van der Waals surface area (Å²) in [6.07, 6.45) is 2.83. The van der Waals surface area contributed by atoms with Gasteiger partial charge in [0.25, 0.3) is 0 Å². The summed E-state index contributed by atoms with van der Waals surface area (Å²) in [5.41, 5.74) is 5.79. The summed E-state index contributed by atoms with van der Waals surface area (Å²) in [5.74, 6) is 0.486. The average Bonchev–Trinajstić information content (AvgIpc) is 2.98. The van der Waals surface area contributed by atoms with Crippen LogP contribution in [0.15, 0.2) is 28.7 Å². The van der Waals surface area contributed by atoms with Crippen molar-refractivity contribution in [1.82, 2.24) is 10.3 Å². The molecule has 0 atom stereocenters. The van der Waals surface area contributed by atoms with E-state index in [1.807, 2.05) is 13.1 Å². The van der Waals surface area contributed by atoms with Crippen molar-refractivity contribution in [2.45, 2.75) is 19.9 Å². The van der Waals surface area contributed by atoms with Gasteiger partial charge in [-0.3, -0.25) is 0 Å². The zero-order valence-electron chi connectivity index (χ0n) is 10.2. The molecule has 0 spiro atoms. The Morgan fingerprint density at radius 1 is 1.56 bits per heavy atom. The van der Waals surface area contributed by atoms with Crippen LogP contribution >= 0.6 is 22.7 Å². The van der Waals surface area contributed by atoms with Crippen molar-refractivity contribution in [3.8, 4) is 0 Å². The molecule has 2 rings (SSSR count). The van der Waals surface area contributed by atoms with E-state index in [4.69, 9.17) is 5.73 Å². The Bertz CT molecular complexity index is 502. The molecule has 0 aromatic carbocycles. The van der Waals surface area contributed by atoms with Crippen molar-refractivity contribution in [3.63, 3.8) is 0 Å². The molecule has 2 aromatic rings. The zero-order valence-corrected chi connectivity index (χ0v) is 11.9. The van der Waals surface area contributed by atoms with Crippen LogP contribution in [0.3, 0.4) is 0 Å². The van der Waals surface area contributed by atoms with Crippen LogP contribution in [0.25, 0.3) is 0 Å². The van der Waals surface area contributed by atoms with Crippen LogP contribution in [0.2, 0.25) is 0 Å². The second-order valence-electron chi connectivity index (χ2n) is 3.82. The average molecular weight is 280 g/mol. The van der Waals surface area contributed by atoms with Crippen molar-refractivity contribution in [2.24, 2.45) is 10.7 Å². The topological polar surface area (TPSA) is 63.3 Å². The van der Waals surface area contributed by atoms with Gasteiger partial charge in [0.2, 0.25) is 0 Å². The van der Waals surface area contributed by atoms with Crippen LogP contribution in [-0.2, 0) is 13.0 Å². The third kappa shape index (κ3) is 4.12. The van der Waals surface area contributed by atoms with Crippen molar-refractivity contribution in [3.05, 3.63) is 38.5 Å². The number of nitrogens with zero attached hydrogens (tertiary/aromatic N) is 2. The lowest BCUT2D eigenvalue weighted by Crippen LogP contribution is -2.33. The predicted octanol–water partition coefficient (Wildman–Crippen LogP) is 2.16. The second kappa shape index (κ2) is 6.51. The van der Waals surface area contributed by atoms with Crippen LogP contribution in [0.1, 0.15) is 14.8 Å². The van der Waals surface area contributed by atoms with Gasteiger partial charge in [0.1, 0.15) is 5.01 Å². The number of aromatic nitrogens is 1. The zero-order chi connectivity index (χ0) is 12.8. The summed E-state index contributed by atoms with van der Waals surface area (Å²) < 4.78 is 0. The number of aryl methyl sites for hydroxylation is 1. The third-order valence-electron chi connectivity index (χ3n) is 2.31. The van der Waals surface area contributed by atoms with Crippen molar-refractivity contribution in [2.75, 3.05) is 6.54 Å². The Labute approximate surface area is 115 Å². The first-order chi connectivity index (χ1) is 8.74. The normalized spacial score (nSPS) is 11.7. The number of thiophene rings is 1. The summed E-state index contributed by atoms with van der Waals surface area (Å²) in [6.45, 7) is 3.40. The van der Waals surface area contributed by atoms with Gasteiger partial charge in [0, 0.05) is 22.5 Å². The van der Waals surface area contributed by atoms with Gasteiger partial charge in [-0.1, -0.05) is 6.07 Å². The maximum Gasteiger partial charge on any atom is 0.189 e. The lowest BCUT2D eigenvalue weighted by Gasteiger charge is -2.03. The van der Waals surface area contributed by atoms with Crippen LogP contribution in [0.4, 0.5) is 0 Å². The molecule has 0 aliphatic rings. The van der Waals surface area contributed by atoms with E-state index in [0.29, 0.717) is 12.5 Å². The van der Waals surface area contributed by atoms with Gasteiger partial charge in [-0.2, -0.15) is 0 Å². The highest BCUT2D eigenvalue weighted by Crippen LogP contribution is 2.11. The molecular weight excluding hydrogens is 264 g/mol. The number of thiazole rings is 1. The highest BCUT2D eigenvalue weighted by atomic mass is 32.1. The van der Waals surface area contributed by atoms with E-state index >= 15 is 0 Å². The Morgan fingerprint density at radius 2 is 2.44 bits per heavy atom. The maximum absolute atomic E-state index is 5.79. The molecule has 96 valence electrons. The summed E-state index contributed by atoms with van der Waals surface area (Å²) >= 11 is 3.41. The van der Waals surface area contributed by atoms with E-state index in [1.54, 1.807) is 22.7 Å². The van der Waals surface area contributed by atoms with Crippen LogP contribution in [-0.4, -0.2) is 17.5 Å². The monoisotopic (exact) mass is 280 g/mol. The van der Waals surface area contributed by atoms with Crippen molar-refractivity contribution < 1.29 is 0 Å². The molecule has 2 aromatic heterocycles. The van der Waals surface area contributed by atoms with Gasteiger partial charge >= 0.3 is 0 Å². The SMILES string of the molecule is Cc1cnc(CN=C(N)NCCc2cccs2)s1. The van der Waals surface area contributed by atoms with Crippen molar-refractivity contribution >= 4 is 28.6 Å². The smallest absolute Gasteiger partial charge is 0.189 e. The van der Waals surface area contributed by atoms with E-state index in [1.165, 1.54) is 9.75 Å². The maximum atomic E-state index is 5.79. The highest BCUT2D eigenvalue weighted by molar-refractivity contribution is 7.11. The second-order valence-corrected chi connectivity index (χ2v) is 6.17. The molecule has 0 aliphatic carbocycles. The largest absolute Gasteiger partial charge is 0.370 e. The molecule has 6 heteroatoms. The Balaban J connectivity index is 1.72. The van der Waals surface area contributed by atoms with E-state index in [2.05, 4.69) is 32.8 Å². The summed E-state index contributed by atoms with van der Waals surface area (Å²) in [6, 6.07) is 4.18. The van der Waals surface area contributed by atoms with Crippen LogP contribution < -0.4 is 11.1 Å². The molecule has 2 heterocycles. The Kier molecular flexibility index (Phi) is 4.72. The molecule has 0 amide bonds. The Morgan fingerprint density at radius 3 is 3.11 bits per heavy atom. The number of guanidine groups is 1. The summed E-state index contributed by atoms with van der Waals surface area (Å²) in [7, 11) is 0. The van der Waals surface area contributed by atoms with E-state index in [9.17, 15) is 0 Å². The first-order valence-corrected chi connectivity index (χ1v) is 7.41. The molecule has 0 bridgehead atoms. The fraction of sp³-hybridized carbons (Fsp3) is 0.333. The van der Waals surface area contributed by atoms with E-state index in [0.717, 1.165) is 18.0 Å². The van der Waals surface area contributed by atoms with Gasteiger partial charge in [0.05, 0.1) is 6.54 Å². The van der Waals surface area contributed by atoms with E-state index in [-0.39, 0.29) is 0 Å². The summed E-state index contributed by atoms with van der Waals surface area (Å²) in [5, 5.41) is 6.19. The van der Waals surface area contributed by atoms with Crippen LogP contribution in [0.5, 0.6) is 0 Å². The molecule has 0 saturated heterocycles. The molecule has 0 fully saturated rings. The number of hydrogen-bond donors (Lipinski definition) is 2. The van der Waals surface area contributed by atoms with Gasteiger partial charge in [-0.05, 0) is 24.8 Å². The molecule has 4 nitrogen and oxygen atoms in total.